The number of ketones is 1. The molecule has 0 saturated heterocycles. The first kappa shape index (κ1) is 18.5. The standard InChI is InChI=1S/C18H14Cl2O3S/c1-2-3-17(21)12-24(22,23)18(13-4-8-15(19)9-5-13)14-6-10-16(20)11-7-14/h4-11,18H,12H2,1H3. The first-order chi connectivity index (χ1) is 11.3. The molecule has 0 amide bonds. The Morgan fingerprint density at radius 2 is 1.38 bits per heavy atom. The number of benzene rings is 2. The lowest BCUT2D eigenvalue weighted by atomic mass is 10.0. The van der Waals surface area contributed by atoms with Gasteiger partial charge in [-0.25, -0.2) is 8.42 Å². The van der Waals surface area contributed by atoms with Crippen molar-refractivity contribution in [1.29, 1.82) is 0 Å². The molecule has 0 aliphatic rings. The van der Waals surface area contributed by atoms with Gasteiger partial charge in [-0.3, -0.25) is 4.79 Å². The molecule has 0 atom stereocenters. The van der Waals surface area contributed by atoms with E-state index in [1.165, 1.54) is 6.92 Å². The zero-order valence-corrected chi connectivity index (χ0v) is 15.1. The van der Waals surface area contributed by atoms with Crippen LogP contribution in [-0.4, -0.2) is 20.0 Å². The summed E-state index contributed by atoms with van der Waals surface area (Å²) in [5.41, 5.74) is 1.05. The number of hydrogen-bond donors (Lipinski definition) is 0. The molecular formula is C18H14Cl2O3S. The Morgan fingerprint density at radius 3 is 1.75 bits per heavy atom. The number of halogens is 2. The minimum Gasteiger partial charge on any atom is -0.284 e. The zero-order chi connectivity index (χ0) is 17.7. The van der Waals surface area contributed by atoms with Gasteiger partial charge in [-0.05, 0) is 48.2 Å². The van der Waals surface area contributed by atoms with Crippen LogP contribution in [0.4, 0.5) is 0 Å². The van der Waals surface area contributed by atoms with Crippen LogP contribution in [0.15, 0.2) is 48.5 Å². The number of Topliss-reactive ketones (excluding diaryl/α,β-unsaturated/α-hetero) is 1. The van der Waals surface area contributed by atoms with Crippen LogP contribution >= 0.6 is 23.2 Å². The highest BCUT2D eigenvalue weighted by Crippen LogP contribution is 2.32. The molecule has 0 aliphatic carbocycles. The maximum atomic E-state index is 12.8. The third-order valence-electron chi connectivity index (χ3n) is 3.30. The van der Waals surface area contributed by atoms with Crippen molar-refractivity contribution in [2.45, 2.75) is 12.2 Å². The Balaban J connectivity index is 2.53. The smallest absolute Gasteiger partial charge is 0.220 e. The van der Waals surface area contributed by atoms with Crippen LogP contribution in [-0.2, 0) is 14.6 Å². The van der Waals surface area contributed by atoms with Crippen LogP contribution in [0.1, 0.15) is 23.3 Å². The summed E-state index contributed by atoms with van der Waals surface area (Å²) in [6.07, 6.45) is 0. The fraction of sp³-hybridized carbons (Fsp3) is 0.167. The van der Waals surface area contributed by atoms with Crippen molar-refractivity contribution in [1.82, 2.24) is 0 Å². The Hall–Kier alpha value is -1.80. The molecule has 3 nitrogen and oxygen atoms in total. The van der Waals surface area contributed by atoms with E-state index in [2.05, 4.69) is 11.8 Å². The fourth-order valence-corrected chi connectivity index (χ4v) is 4.32. The van der Waals surface area contributed by atoms with E-state index in [9.17, 15) is 13.2 Å². The minimum absolute atomic E-state index is 0.499. The third kappa shape index (κ3) is 4.61. The van der Waals surface area contributed by atoms with Crippen molar-refractivity contribution in [3.63, 3.8) is 0 Å². The molecule has 0 fully saturated rings. The summed E-state index contributed by atoms with van der Waals surface area (Å²) in [7, 11) is -3.81. The molecule has 0 heterocycles. The molecule has 2 aromatic carbocycles. The van der Waals surface area contributed by atoms with Crippen LogP contribution < -0.4 is 0 Å². The molecule has 0 aliphatic heterocycles. The topological polar surface area (TPSA) is 51.2 Å². The average Bonchev–Trinajstić information content (AvgIpc) is 2.51. The molecule has 2 aromatic rings. The van der Waals surface area contributed by atoms with Gasteiger partial charge in [0.05, 0.1) is 0 Å². The van der Waals surface area contributed by atoms with Gasteiger partial charge >= 0.3 is 0 Å². The van der Waals surface area contributed by atoms with Crippen LogP contribution in [0.2, 0.25) is 10.0 Å². The van der Waals surface area contributed by atoms with E-state index < -0.39 is 26.6 Å². The van der Waals surface area contributed by atoms with E-state index in [1.807, 2.05) is 0 Å². The van der Waals surface area contributed by atoms with Crippen molar-refractivity contribution in [2.75, 3.05) is 5.75 Å². The summed E-state index contributed by atoms with van der Waals surface area (Å²) in [5.74, 6) is 3.41. The lowest BCUT2D eigenvalue weighted by Crippen LogP contribution is -2.22. The van der Waals surface area contributed by atoms with Crippen molar-refractivity contribution >= 4 is 38.8 Å². The molecule has 124 valence electrons. The van der Waals surface area contributed by atoms with Gasteiger partial charge in [-0.2, -0.15) is 0 Å². The van der Waals surface area contributed by atoms with E-state index in [4.69, 9.17) is 23.2 Å². The van der Waals surface area contributed by atoms with Gasteiger partial charge in [0, 0.05) is 10.0 Å². The molecule has 0 saturated carbocycles. The highest BCUT2D eigenvalue weighted by atomic mass is 35.5. The van der Waals surface area contributed by atoms with Crippen LogP contribution in [0.5, 0.6) is 0 Å². The molecule has 0 N–H and O–H groups in total. The Labute approximate surface area is 151 Å². The second-order valence-corrected chi connectivity index (χ2v) is 8.05. The molecule has 0 radical (unpaired) electrons. The summed E-state index contributed by atoms with van der Waals surface area (Å²) in [6.45, 7) is 1.49. The predicted molar refractivity (Wildman–Crippen MR) is 97.0 cm³/mol. The Bertz CT molecular complexity index is 845. The van der Waals surface area contributed by atoms with E-state index >= 15 is 0 Å². The Kier molecular flexibility index (Phi) is 6.06. The number of carbonyl (C=O) groups excluding carboxylic acids is 1. The van der Waals surface area contributed by atoms with Crippen LogP contribution in [0.25, 0.3) is 0 Å². The van der Waals surface area contributed by atoms with Crippen molar-refractivity contribution in [2.24, 2.45) is 0 Å². The molecule has 2 rings (SSSR count). The van der Waals surface area contributed by atoms with Gasteiger partial charge in [0.1, 0.15) is 11.0 Å². The minimum atomic E-state index is -3.81. The molecule has 6 heteroatoms. The van der Waals surface area contributed by atoms with Gasteiger partial charge in [0.15, 0.2) is 9.84 Å². The summed E-state index contributed by atoms with van der Waals surface area (Å²) >= 11 is 11.8. The summed E-state index contributed by atoms with van der Waals surface area (Å²) in [5, 5.41) is 0.00694. The van der Waals surface area contributed by atoms with Crippen molar-refractivity contribution in [3.05, 3.63) is 69.7 Å². The molecule has 0 bridgehead atoms. The maximum Gasteiger partial charge on any atom is 0.220 e. The lowest BCUT2D eigenvalue weighted by molar-refractivity contribution is -0.111. The predicted octanol–water partition coefficient (Wildman–Crippen LogP) is 4.09. The molecule has 0 aromatic heterocycles. The number of hydrogen-bond acceptors (Lipinski definition) is 3. The second kappa shape index (κ2) is 7.85. The number of sulfone groups is 1. The maximum absolute atomic E-state index is 12.8. The number of rotatable bonds is 5. The van der Waals surface area contributed by atoms with Gasteiger partial charge < -0.3 is 0 Å². The lowest BCUT2D eigenvalue weighted by Gasteiger charge is -2.18. The largest absolute Gasteiger partial charge is 0.284 e. The molecular weight excluding hydrogens is 367 g/mol. The van der Waals surface area contributed by atoms with E-state index in [0.29, 0.717) is 21.2 Å². The first-order valence-electron chi connectivity index (χ1n) is 7.01. The first-order valence-corrected chi connectivity index (χ1v) is 9.48. The SMILES string of the molecule is CC#CC(=O)CS(=O)(=O)C(c1ccc(Cl)cc1)c1ccc(Cl)cc1. The summed E-state index contributed by atoms with van der Waals surface area (Å²) < 4.78 is 25.7. The van der Waals surface area contributed by atoms with Gasteiger partial charge in [0.2, 0.25) is 5.78 Å². The van der Waals surface area contributed by atoms with Crippen LogP contribution in [0.3, 0.4) is 0 Å². The second-order valence-electron chi connectivity index (χ2n) is 5.09. The average molecular weight is 381 g/mol. The van der Waals surface area contributed by atoms with Crippen molar-refractivity contribution < 1.29 is 13.2 Å². The van der Waals surface area contributed by atoms with E-state index in [1.54, 1.807) is 48.5 Å². The van der Waals surface area contributed by atoms with Crippen LogP contribution in [0, 0.1) is 11.8 Å². The van der Waals surface area contributed by atoms with Crippen molar-refractivity contribution in [3.8, 4) is 11.8 Å². The van der Waals surface area contributed by atoms with Gasteiger partial charge in [-0.1, -0.05) is 53.4 Å². The number of carbonyl (C=O) groups is 1. The van der Waals surface area contributed by atoms with E-state index in [-0.39, 0.29) is 0 Å². The third-order valence-corrected chi connectivity index (χ3v) is 5.73. The Morgan fingerprint density at radius 1 is 0.958 bits per heavy atom. The fourth-order valence-electron chi connectivity index (χ4n) is 2.32. The highest BCUT2D eigenvalue weighted by Gasteiger charge is 2.30. The molecule has 0 spiro atoms. The quantitative estimate of drug-likeness (QED) is 0.579. The molecule has 24 heavy (non-hydrogen) atoms. The van der Waals surface area contributed by atoms with Gasteiger partial charge in [0.25, 0.3) is 0 Å². The van der Waals surface area contributed by atoms with E-state index in [0.717, 1.165) is 0 Å². The highest BCUT2D eigenvalue weighted by molar-refractivity contribution is 7.92. The normalized spacial score (nSPS) is 11.0. The molecule has 0 unspecified atom stereocenters. The summed E-state index contributed by atoms with van der Waals surface area (Å²) in [4.78, 5) is 11.7. The zero-order valence-electron chi connectivity index (χ0n) is 12.8. The monoisotopic (exact) mass is 380 g/mol. The van der Waals surface area contributed by atoms with Gasteiger partial charge in [-0.15, -0.1) is 0 Å². The summed E-state index contributed by atoms with van der Waals surface area (Å²) in [6, 6.07) is 13.0.